The van der Waals surface area contributed by atoms with Gasteiger partial charge >= 0.3 is 0 Å². The average molecular weight is 386 g/mol. The van der Waals surface area contributed by atoms with E-state index < -0.39 is 0 Å². The van der Waals surface area contributed by atoms with Gasteiger partial charge in [-0.15, -0.1) is 0 Å². The molecule has 2 N–H and O–H groups in total. The van der Waals surface area contributed by atoms with Gasteiger partial charge in [-0.3, -0.25) is 9.67 Å². The summed E-state index contributed by atoms with van der Waals surface area (Å²) in [5, 5.41) is 9.38. The summed E-state index contributed by atoms with van der Waals surface area (Å²) in [4.78, 5) is 8.16. The number of aromatic amines is 1. The third-order valence-corrected chi connectivity index (χ3v) is 6.01. The molecule has 1 unspecified atom stereocenters. The molecule has 1 saturated heterocycles. The number of rotatable bonds is 3. The lowest BCUT2D eigenvalue weighted by Crippen LogP contribution is -2.31. The van der Waals surface area contributed by atoms with Crippen molar-refractivity contribution >= 4 is 10.9 Å². The summed E-state index contributed by atoms with van der Waals surface area (Å²) < 4.78 is 2.12. The van der Waals surface area contributed by atoms with Gasteiger partial charge in [0, 0.05) is 51.9 Å². The van der Waals surface area contributed by atoms with Crippen LogP contribution in [0, 0.1) is 20.8 Å². The van der Waals surface area contributed by atoms with Crippen LogP contribution in [0.15, 0.2) is 42.7 Å². The van der Waals surface area contributed by atoms with Crippen LogP contribution in [0.2, 0.25) is 0 Å². The van der Waals surface area contributed by atoms with E-state index in [1.807, 2.05) is 20.0 Å². The van der Waals surface area contributed by atoms with Gasteiger partial charge < -0.3 is 10.3 Å². The van der Waals surface area contributed by atoms with E-state index in [2.05, 4.69) is 68.5 Å². The number of nitrogens with zero attached hydrogens (tertiary/aromatic N) is 3. The van der Waals surface area contributed by atoms with E-state index in [-0.39, 0.29) is 0 Å². The van der Waals surface area contributed by atoms with E-state index >= 15 is 0 Å². The molecule has 29 heavy (non-hydrogen) atoms. The third kappa shape index (κ3) is 3.36. The second-order valence-corrected chi connectivity index (χ2v) is 8.23. The van der Waals surface area contributed by atoms with Gasteiger partial charge in [-0.1, -0.05) is 12.1 Å². The lowest BCUT2D eigenvalue weighted by Gasteiger charge is -2.22. The van der Waals surface area contributed by atoms with E-state index in [9.17, 15) is 0 Å². The molecule has 1 aromatic carbocycles. The van der Waals surface area contributed by atoms with Gasteiger partial charge in [0.15, 0.2) is 0 Å². The lowest BCUT2D eigenvalue weighted by molar-refractivity contribution is 0.347. The number of pyridine rings is 1. The van der Waals surface area contributed by atoms with Crippen molar-refractivity contribution in [3.05, 3.63) is 59.7 Å². The van der Waals surface area contributed by atoms with Crippen molar-refractivity contribution in [1.29, 1.82) is 0 Å². The van der Waals surface area contributed by atoms with Gasteiger partial charge in [0.25, 0.3) is 0 Å². The number of H-pyrrole nitrogens is 1. The van der Waals surface area contributed by atoms with Crippen LogP contribution in [0.4, 0.5) is 0 Å². The van der Waals surface area contributed by atoms with Crippen molar-refractivity contribution in [1.82, 2.24) is 25.1 Å². The standard InChI is InChI=1S/C24H27N5/c1-15-9-19(10-16(2)27-15)24-17(3)22-7-6-18(11-23(22)28-24)20-12-26-29(14-20)21-5-4-8-25-13-21/h6-7,9-12,14,21,25,28H,4-5,8,13H2,1-3H3. The van der Waals surface area contributed by atoms with Crippen molar-refractivity contribution in [3.63, 3.8) is 0 Å². The zero-order chi connectivity index (χ0) is 20.0. The number of fused-ring (bicyclic) bond motifs is 1. The summed E-state index contributed by atoms with van der Waals surface area (Å²) in [5.41, 5.74) is 9.27. The molecule has 0 bridgehead atoms. The zero-order valence-electron chi connectivity index (χ0n) is 17.3. The Balaban J connectivity index is 1.52. The third-order valence-electron chi connectivity index (χ3n) is 6.01. The Bertz CT molecular complexity index is 1160. The van der Waals surface area contributed by atoms with Gasteiger partial charge in [-0.2, -0.15) is 5.10 Å². The van der Waals surface area contributed by atoms with Crippen LogP contribution in [0.1, 0.15) is 35.8 Å². The van der Waals surface area contributed by atoms with Gasteiger partial charge in [0.2, 0.25) is 0 Å². The number of piperidine rings is 1. The van der Waals surface area contributed by atoms with E-state index in [1.165, 1.54) is 46.2 Å². The predicted molar refractivity (Wildman–Crippen MR) is 118 cm³/mol. The Morgan fingerprint density at radius 3 is 2.59 bits per heavy atom. The first-order chi connectivity index (χ1) is 14.1. The quantitative estimate of drug-likeness (QED) is 0.525. The molecule has 0 aliphatic carbocycles. The Hall–Kier alpha value is -2.92. The molecular weight excluding hydrogens is 358 g/mol. The zero-order valence-corrected chi connectivity index (χ0v) is 17.3. The summed E-state index contributed by atoms with van der Waals surface area (Å²) >= 11 is 0. The average Bonchev–Trinajstić information content (AvgIpc) is 3.33. The monoisotopic (exact) mass is 385 g/mol. The molecule has 0 saturated carbocycles. The first-order valence-electron chi connectivity index (χ1n) is 10.4. The van der Waals surface area contributed by atoms with Crippen LogP contribution < -0.4 is 5.32 Å². The largest absolute Gasteiger partial charge is 0.354 e. The highest BCUT2D eigenvalue weighted by Gasteiger charge is 2.17. The highest BCUT2D eigenvalue weighted by molar-refractivity contribution is 5.93. The first kappa shape index (κ1) is 18.1. The van der Waals surface area contributed by atoms with Crippen molar-refractivity contribution in [3.8, 4) is 22.4 Å². The Labute approximate surface area is 171 Å². The van der Waals surface area contributed by atoms with Crippen molar-refractivity contribution in [2.24, 2.45) is 0 Å². The van der Waals surface area contributed by atoms with Crippen LogP contribution in [-0.2, 0) is 0 Å². The summed E-state index contributed by atoms with van der Waals surface area (Å²) in [7, 11) is 0. The number of aromatic nitrogens is 4. The molecule has 4 heterocycles. The Morgan fingerprint density at radius 2 is 1.83 bits per heavy atom. The molecule has 5 rings (SSSR count). The van der Waals surface area contributed by atoms with E-state index in [0.29, 0.717) is 6.04 Å². The summed E-state index contributed by atoms with van der Waals surface area (Å²) in [6, 6.07) is 11.4. The highest BCUT2D eigenvalue weighted by atomic mass is 15.3. The number of benzene rings is 1. The highest BCUT2D eigenvalue weighted by Crippen LogP contribution is 2.33. The maximum absolute atomic E-state index is 4.65. The molecule has 4 aromatic rings. The van der Waals surface area contributed by atoms with Crippen molar-refractivity contribution < 1.29 is 0 Å². The van der Waals surface area contributed by atoms with Crippen molar-refractivity contribution in [2.45, 2.75) is 39.7 Å². The number of nitrogens with one attached hydrogen (secondary N) is 2. The van der Waals surface area contributed by atoms with Gasteiger partial charge in [0.1, 0.15) is 0 Å². The molecule has 1 fully saturated rings. The number of hydrogen-bond donors (Lipinski definition) is 2. The van der Waals surface area contributed by atoms with Crippen LogP contribution in [0.3, 0.4) is 0 Å². The van der Waals surface area contributed by atoms with E-state index in [4.69, 9.17) is 0 Å². The molecule has 0 radical (unpaired) electrons. The normalized spacial score (nSPS) is 17.1. The smallest absolute Gasteiger partial charge is 0.0644 e. The number of aryl methyl sites for hydroxylation is 3. The Kier molecular flexibility index (Phi) is 4.47. The Morgan fingerprint density at radius 1 is 1.00 bits per heavy atom. The second-order valence-electron chi connectivity index (χ2n) is 8.23. The van der Waals surface area contributed by atoms with Crippen LogP contribution in [0.5, 0.6) is 0 Å². The van der Waals surface area contributed by atoms with Crippen molar-refractivity contribution in [2.75, 3.05) is 13.1 Å². The summed E-state index contributed by atoms with van der Waals surface area (Å²) in [6.45, 7) is 8.40. The fraction of sp³-hybridized carbons (Fsp3) is 0.333. The van der Waals surface area contributed by atoms with E-state index in [1.54, 1.807) is 0 Å². The van der Waals surface area contributed by atoms with Gasteiger partial charge in [-0.25, -0.2) is 0 Å². The minimum Gasteiger partial charge on any atom is -0.354 e. The minimum atomic E-state index is 0.457. The molecule has 1 atom stereocenters. The maximum atomic E-state index is 4.65. The van der Waals surface area contributed by atoms with Crippen LogP contribution >= 0.6 is 0 Å². The first-order valence-corrected chi connectivity index (χ1v) is 10.4. The molecule has 0 spiro atoms. The van der Waals surface area contributed by atoms with Gasteiger partial charge in [0.05, 0.1) is 12.2 Å². The lowest BCUT2D eigenvalue weighted by atomic mass is 10.0. The molecule has 1 aliphatic heterocycles. The molecule has 1 aliphatic rings. The molecule has 3 aromatic heterocycles. The van der Waals surface area contributed by atoms with Crippen LogP contribution in [-0.4, -0.2) is 32.8 Å². The minimum absolute atomic E-state index is 0.457. The maximum Gasteiger partial charge on any atom is 0.0644 e. The summed E-state index contributed by atoms with van der Waals surface area (Å²) in [5.74, 6) is 0. The van der Waals surface area contributed by atoms with Gasteiger partial charge in [-0.05, 0) is 69.5 Å². The molecule has 148 valence electrons. The molecular formula is C24H27N5. The molecule has 5 nitrogen and oxygen atoms in total. The SMILES string of the molecule is Cc1cc(-c2[nH]c3cc(-c4cnn(C5CCCNC5)c4)ccc3c2C)cc(C)n1. The number of hydrogen-bond acceptors (Lipinski definition) is 3. The second kappa shape index (κ2) is 7.16. The van der Waals surface area contributed by atoms with Crippen LogP contribution in [0.25, 0.3) is 33.3 Å². The topological polar surface area (TPSA) is 58.5 Å². The fourth-order valence-corrected chi connectivity index (χ4v) is 4.53. The predicted octanol–water partition coefficient (Wildman–Crippen LogP) is 4.94. The molecule has 0 amide bonds. The van der Waals surface area contributed by atoms with E-state index in [0.717, 1.165) is 30.0 Å². The summed E-state index contributed by atoms with van der Waals surface area (Å²) in [6.07, 6.45) is 6.58. The fourth-order valence-electron chi connectivity index (χ4n) is 4.53. The molecule has 5 heteroatoms.